The fourth-order valence-corrected chi connectivity index (χ4v) is 1.94. The third-order valence-electron chi connectivity index (χ3n) is 2.11. The van der Waals surface area contributed by atoms with Gasteiger partial charge in [-0.05, 0) is 6.07 Å². The molecule has 0 aliphatic rings. The number of anilines is 2. The molecule has 0 unspecified atom stereocenters. The number of rotatable bonds is 6. The van der Waals surface area contributed by atoms with Gasteiger partial charge in [-0.15, -0.1) is 11.3 Å². The molecule has 0 atom stereocenters. The molecule has 0 saturated heterocycles. The van der Waals surface area contributed by atoms with Gasteiger partial charge >= 0.3 is 0 Å². The van der Waals surface area contributed by atoms with E-state index in [1.54, 1.807) is 30.9 Å². The summed E-state index contributed by atoms with van der Waals surface area (Å²) >= 11 is 1.32. The van der Waals surface area contributed by atoms with Crippen molar-refractivity contribution in [2.24, 2.45) is 0 Å². The van der Waals surface area contributed by atoms with Gasteiger partial charge in [0.15, 0.2) is 5.13 Å². The largest absolute Gasteiger partial charge is 0.383 e. The number of nitrogens with one attached hydrogen (secondary N) is 2. The van der Waals surface area contributed by atoms with Crippen molar-refractivity contribution in [2.45, 2.75) is 0 Å². The van der Waals surface area contributed by atoms with Gasteiger partial charge in [0, 0.05) is 31.4 Å². The van der Waals surface area contributed by atoms with E-state index in [1.165, 1.54) is 11.3 Å². The molecule has 7 nitrogen and oxygen atoms in total. The van der Waals surface area contributed by atoms with E-state index in [0.717, 1.165) is 0 Å². The van der Waals surface area contributed by atoms with Crippen molar-refractivity contribution >= 4 is 28.3 Å². The minimum Gasteiger partial charge on any atom is -0.383 e. The lowest BCUT2D eigenvalue weighted by Gasteiger charge is -2.01. The summed E-state index contributed by atoms with van der Waals surface area (Å²) in [5, 5.41) is 7.87. The number of hydrogen-bond donors (Lipinski definition) is 2. The average molecular weight is 279 g/mol. The van der Waals surface area contributed by atoms with E-state index in [1.807, 2.05) is 0 Å². The number of aromatic nitrogens is 3. The van der Waals surface area contributed by atoms with E-state index >= 15 is 0 Å². The smallest absolute Gasteiger partial charge is 0.270 e. The SMILES string of the molecule is COCCNC(=O)c1csc(Nc2ncccn2)n1. The van der Waals surface area contributed by atoms with E-state index in [-0.39, 0.29) is 5.91 Å². The molecule has 0 aliphatic carbocycles. The highest BCUT2D eigenvalue weighted by molar-refractivity contribution is 7.14. The van der Waals surface area contributed by atoms with Gasteiger partial charge in [0.2, 0.25) is 5.95 Å². The van der Waals surface area contributed by atoms with Gasteiger partial charge in [-0.25, -0.2) is 15.0 Å². The fourth-order valence-electron chi connectivity index (χ4n) is 1.25. The Morgan fingerprint density at radius 1 is 1.42 bits per heavy atom. The fraction of sp³-hybridized carbons (Fsp3) is 0.273. The molecule has 1 amide bonds. The standard InChI is InChI=1S/C11H13N5O2S/c1-18-6-5-12-9(17)8-7-19-11(15-8)16-10-13-3-2-4-14-10/h2-4,7H,5-6H2,1H3,(H,12,17)(H,13,14,15,16). The Labute approximate surface area is 114 Å². The van der Waals surface area contributed by atoms with Gasteiger partial charge in [-0.2, -0.15) is 0 Å². The lowest BCUT2D eigenvalue weighted by molar-refractivity contribution is 0.0933. The van der Waals surface area contributed by atoms with E-state index in [4.69, 9.17) is 4.74 Å². The molecule has 2 aromatic heterocycles. The van der Waals surface area contributed by atoms with E-state index in [0.29, 0.717) is 29.9 Å². The highest BCUT2D eigenvalue weighted by Gasteiger charge is 2.10. The Morgan fingerprint density at radius 2 is 2.21 bits per heavy atom. The van der Waals surface area contributed by atoms with Gasteiger partial charge in [-0.1, -0.05) is 0 Å². The molecule has 0 saturated carbocycles. The minimum atomic E-state index is -0.227. The van der Waals surface area contributed by atoms with E-state index in [2.05, 4.69) is 25.6 Å². The summed E-state index contributed by atoms with van der Waals surface area (Å²) in [6, 6.07) is 1.72. The van der Waals surface area contributed by atoms with Crippen LogP contribution in [0, 0.1) is 0 Å². The monoisotopic (exact) mass is 279 g/mol. The number of carbonyl (C=O) groups is 1. The van der Waals surface area contributed by atoms with Crippen LogP contribution in [0.5, 0.6) is 0 Å². The molecule has 100 valence electrons. The molecular formula is C11H13N5O2S. The second kappa shape index (κ2) is 6.76. The Morgan fingerprint density at radius 3 is 2.95 bits per heavy atom. The van der Waals surface area contributed by atoms with Crippen molar-refractivity contribution in [2.75, 3.05) is 25.6 Å². The third-order valence-corrected chi connectivity index (χ3v) is 2.87. The highest BCUT2D eigenvalue weighted by atomic mass is 32.1. The zero-order valence-corrected chi connectivity index (χ0v) is 11.1. The van der Waals surface area contributed by atoms with Crippen LogP contribution in [0.1, 0.15) is 10.5 Å². The summed E-state index contributed by atoms with van der Waals surface area (Å²) in [4.78, 5) is 23.9. The van der Waals surface area contributed by atoms with Crippen LogP contribution >= 0.6 is 11.3 Å². The Balaban J connectivity index is 1.93. The Bertz CT molecular complexity index is 531. The molecular weight excluding hydrogens is 266 g/mol. The lowest BCUT2D eigenvalue weighted by atomic mass is 10.4. The molecule has 19 heavy (non-hydrogen) atoms. The van der Waals surface area contributed by atoms with Crippen molar-refractivity contribution in [1.82, 2.24) is 20.3 Å². The van der Waals surface area contributed by atoms with Crippen molar-refractivity contribution < 1.29 is 9.53 Å². The minimum absolute atomic E-state index is 0.227. The number of ether oxygens (including phenoxy) is 1. The van der Waals surface area contributed by atoms with Gasteiger partial charge in [-0.3, -0.25) is 4.79 Å². The summed E-state index contributed by atoms with van der Waals surface area (Å²) in [6.07, 6.45) is 3.25. The summed E-state index contributed by atoms with van der Waals surface area (Å²) in [7, 11) is 1.58. The predicted octanol–water partition coefficient (Wildman–Crippen LogP) is 1.05. The Kier molecular flexibility index (Phi) is 4.76. The van der Waals surface area contributed by atoms with Crippen LogP contribution in [0.2, 0.25) is 0 Å². The summed E-state index contributed by atoms with van der Waals surface area (Å²) in [5.41, 5.74) is 0.361. The molecule has 0 bridgehead atoms. The normalized spacial score (nSPS) is 10.2. The first kappa shape index (κ1) is 13.4. The first-order chi connectivity index (χ1) is 9.29. The number of methoxy groups -OCH3 is 1. The molecule has 0 fully saturated rings. The topological polar surface area (TPSA) is 89.0 Å². The molecule has 0 radical (unpaired) electrons. The van der Waals surface area contributed by atoms with Crippen LogP contribution in [-0.2, 0) is 4.74 Å². The van der Waals surface area contributed by atoms with Crippen LogP contribution < -0.4 is 10.6 Å². The van der Waals surface area contributed by atoms with Gasteiger partial charge in [0.05, 0.1) is 6.61 Å². The molecule has 2 aromatic rings. The van der Waals surface area contributed by atoms with Gasteiger partial charge in [0.25, 0.3) is 5.91 Å². The molecule has 2 N–H and O–H groups in total. The van der Waals surface area contributed by atoms with Crippen molar-refractivity contribution in [1.29, 1.82) is 0 Å². The number of nitrogens with zero attached hydrogens (tertiary/aromatic N) is 3. The third kappa shape index (κ3) is 3.97. The van der Waals surface area contributed by atoms with Crippen molar-refractivity contribution in [3.8, 4) is 0 Å². The second-order valence-electron chi connectivity index (χ2n) is 3.48. The molecule has 0 aromatic carbocycles. The summed E-state index contributed by atoms with van der Waals surface area (Å²) in [6.45, 7) is 0.927. The maximum Gasteiger partial charge on any atom is 0.270 e. The number of hydrogen-bond acceptors (Lipinski definition) is 7. The van der Waals surface area contributed by atoms with Crippen LogP contribution in [0.15, 0.2) is 23.8 Å². The number of carbonyl (C=O) groups excluding carboxylic acids is 1. The van der Waals surface area contributed by atoms with Gasteiger partial charge in [0.1, 0.15) is 5.69 Å². The average Bonchev–Trinajstić information content (AvgIpc) is 2.89. The summed E-state index contributed by atoms with van der Waals surface area (Å²) < 4.78 is 4.85. The molecule has 8 heteroatoms. The molecule has 2 heterocycles. The Hall–Kier alpha value is -2.06. The molecule has 0 aliphatic heterocycles. The van der Waals surface area contributed by atoms with Gasteiger partial charge < -0.3 is 15.4 Å². The molecule has 0 spiro atoms. The summed E-state index contributed by atoms with van der Waals surface area (Å²) in [5.74, 6) is 0.221. The number of amides is 1. The first-order valence-corrected chi connectivity index (χ1v) is 6.44. The lowest BCUT2D eigenvalue weighted by Crippen LogP contribution is -2.27. The second-order valence-corrected chi connectivity index (χ2v) is 4.34. The quantitative estimate of drug-likeness (QED) is 0.768. The maximum absolute atomic E-state index is 11.7. The first-order valence-electron chi connectivity index (χ1n) is 5.56. The zero-order valence-electron chi connectivity index (χ0n) is 10.3. The van der Waals surface area contributed by atoms with Crippen molar-refractivity contribution in [3.63, 3.8) is 0 Å². The highest BCUT2D eigenvalue weighted by Crippen LogP contribution is 2.18. The zero-order chi connectivity index (χ0) is 13.5. The number of thiazole rings is 1. The maximum atomic E-state index is 11.7. The van der Waals surface area contributed by atoms with Crippen LogP contribution in [0.3, 0.4) is 0 Å². The van der Waals surface area contributed by atoms with Crippen LogP contribution in [0.25, 0.3) is 0 Å². The van der Waals surface area contributed by atoms with Crippen LogP contribution in [-0.4, -0.2) is 41.1 Å². The van der Waals surface area contributed by atoms with Crippen molar-refractivity contribution in [3.05, 3.63) is 29.5 Å². The van der Waals surface area contributed by atoms with Crippen LogP contribution in [0.4, 0.5) is 11.1 Å². The van der Waals surface area contributed by atoms with E-state index in [9.17, 15) is 4.79 Å². The van der Waals surface area contributed by atoms with E-state index < -0.39 is 0 Å². The predicted molar refractivity (Wildman–Crippen MR) is 71.6 cm³/mol. The molecule has 2 rings (SSSR count).